The summed E-state index contributed by atoms with van der Waals surface area (Å²) in [7, 11) is 3.16. The number of amides is 1. The van der Waals surface area contributed by atoms with Gasteiger partial charge in [-0.05, 0) is 48.9 Å². The molecule has 6 heteroatoms. The van der Waals surface area contributed by atoms with Crippen LogP contribution in [0.5, 0.6) is 11.5 Å². The Kier molecular flexibility index (Phi) is 7.02. The summed E-state index contributed by atoms with van der Waals surface area (Å²) in [4.78, 5) is 23.2. The molecule has 2 N–H and O–H groups in total. The number of hydrogen-bond acceptors (Lipinski definition) is 5. The van der Waals surface area contributed by atoms with Gasteiger partial charge >= 0.3 is 0 Å². The molecule has 2 rings (SSSR count). The molecule has 0 bridgehead atoms. The van der Waals surface area contributed by atoms with Gasteiger partial charge in [-0.1, -0.05) is 6.07 Å². The molecule has 1 amide bonds. The van der Waals surface area contributed by atoms with Crippen LogP contribution in [0.2, 0.25) is 0 Å². The molecule has 0 unspecified atom stereocenters. The van der Waals surface area contributed by atoms with Gasteiger partial charge in [-0.2, -0.15) is 0 Å². The van der Waals surface area contributed by atoms with E-state index in [1.54, 1.807) is 26.4 Å². The van der Waals surface area contributed by atoms with Crippen molar-refractivity contribution in [2.75, 3.05) is 26.1 Å². The third-order valence-electron chi connectivity index (χ3n) is 3.91. The number of Topliss-reactive ketones (excluding diaryl/α,β-unsaturated/α-hetero) is 1. The number of rotatable bonds is 9. The number of methoxy groups -OCH3 is 2. The molecule has 0 atom stereocenters. The van der Waals surface area contributed by atoms with Crippen molar-refractivity contribution in [1.82, 2.24) is 5.32 Å². The number of nitrogens with one attached hydrogen (secondary N) is 2. The zero-order valence-electron chi connectivity index (χ0n) is 15.3. The summed E-state index contributed by atoms with van der Waals surface area (Å²) in [5.74, 6) is 1.27. The zero-order valence-corrected chi connectivity index (χ0v) is 15.3. The highest BCUT2D eigenvalue weighted by molar-refractivity contribution is 5.94. The van der Waals surface area contributed by atoms with E-state index in [0.717, 1.165) is 11.3 Å². The fourth-order valence-corrected chi connectivity index (χ4v) is 2.42. The van der Waals surface area contributed by atoms with E-state index in [9.17, 15) is 9.59 Å². The Hall–Kier alpha value is -3.02. The molecule has 2 aromatic carbocycles. The number of benzene rings is 2. The molecular weight excluding hydrogens is 332 g/mol. The van der Waals surface area contributed by atoms with E-state index in [0.29, 0.717) is 36.6 Å². The smallest absolute Gasteiger partial charge is 0.222 e. The number of hydrogen-bond donors (Lipinski definition) is 2. The predicted octanol–water partition coefficient (Wildman–Crippen LogP) is 3.02. The number of ketones is 1. The summed E-state index contributed by atoms with van der Waals surface area (Å²) >= 11 is 0. The van der Waals surface area contributed by atoms with E-state index in [1.165, 1.54) is 6.92 Å². The average molecular weight is 356 g/mol. The molecule has 26 heavy (non-hydrogen) atoms. The summed E-state index contributed by atoms with van der Waals surface area (Å²) in [5, 5.41) is 6.04. The van der Waals surface area contributed by atoms with Crippen LogP contribution in [0.25, 0.3) is 0 Å². The monoisotopic (exact) mass is 356 g/mol. The number of ether oxygens (including phenoxy) is 2. The number of anilines is 1. The standard InChI is InChI=1S/C20H24N2O4/c1-14(23)16-5-7-17(8-6-16)21-11-10-20(24)22-13-15-4-9-18(25-2)19(12-15)26-3/h4-9,12,21H,10-11,13H2,1-3H3,(H,22,24). The van der Waals surface area contributed by atoms with Gasteiger partial charge in [0.15, 0.2) is 17.3 Å². The Bertz CT molecular complexity index is 757. The summed E-state index contributed by atoms with van der Waals surface area (Å²) in [6, 6.07) is 12.7. The topological polar surface area (TPSA) is 76.7 Å². The van der Waals surface area contributed by atoms with Crippen LogP contribution in [0.1, 0.15) is 29.3 Å². The molecule has 6 nitrogen and oxygen atoms in total. The average Bonchev–Trinajstić information content (AvgIpc) is 2.66. The highest BCUT2D eigenvalue weighted by Gasteiger charge is 2.06. The summed E-state index contributed by atoms with van der Waals surface area (Å²) in [5.41, 5.74) is 2.48. The molecular formula is C20H24N2O4. The Balaban J connectivity index is 1.76. The first kappa shape index (κ1) is 19.3. The van der Waals surface area contributed by atoms with Gasteiger partial charge in [0.2, 0.25) is 5.91 Å². The van der Waals surface area contributed by atoms with Gasteiger partial charge in [-0.15, -0.1) is 0 Å². The Morgan fingerprint density at radius 1 is 0.962 bits per heavy atom. The normalized spacial score (nSPS) is 10.1. The minimum atomic E-state index is -0.0485. The fourth-order valence-electron chi connectivity index (χ4n) is 2.42. The Morgan fingerprint density at radius 2 is 1.65 bits per heavy atom. The molecule has 0 aromatic heterocycles. The van der Waals surface area contributed by atoms with Crippen molar-refractivity contribution in [3.05, 3.63) is 53.6 Å². The van der Waals surface area contributed by atoms with Crippen molar-refractivity contribution in [3.8, 4) is 11.5 Å². The first-order chi connectivity index (χ1) is 12.5. The van der Waals surface area contributed by atoms with E-state index >= 15 is 0 Å². The molecule has 0 saturated heterocycles. The zero-order chi connectivity index (χ0) is 18.9. The molecule has 0 saturated carbocycles. The van der Waals surface area contributed by atoms with Gasteiger partial charge < -0.3 is 20.1 Å². The summed E-state index contributed by atoms with van der Waals surface area (Å²) in [6.07, 6.45) is 0.349. The van der Waals surface area contributed by atoms with Crippen LogP contribution in [-0.2, 0) is 11.3 Å². The van der Waals surface area contributed by atoms with Crippen molar-refractivity contribution < 1.29 is 19.1 Å². The van der Waals surface area contributed by atoms with Crippen molar-refractivity contribution in [2.45, 2.75) is 19.9 Å². The maximum atomic E-state index is 12.0. The van der Waals surface area contributed by atoms with E-state index in [2.05, 4.69) is 10.6 Å². The van der Waals surface area contributed by atoms with Crippen LogP contribution < -0.4 is 20.1 Å². The van der Waals surface area contributed by atoms with Gasteiger partial charge in [0.1, 0.15) is 0 Å². The van der Waals surface area contributed by atoms with Gasteiger partial charge in [0.25, 0.3) is 0 Å². The molecule has 0 radical (unpaired) electrons. The third kappa shape index (κ3) is 5.51. The molecule has 138 valence electrons. The second-order valence-electron chi connectivity index (χ2n) is 5.78. The highest BCUT2D eigenvalue weighted by atomic mass is 16.5. The first-order valence-corrected chi connectivity index (χ1v) is 8.36. The molecule has 2 aromatic rings. The lowest BCUT2D eigenvalue weighted by Crippen LogP contribution is -2.24. The molecule has 0 aliphatic carbocycles. The molecule has 0 heterocycles. The van der Waals surface area contributed by atoms with E-state index < -0.39 is 0 Å². The Labute approximate surface area is 153 Å². The van der Waals surface area contributed by atoms with Crippen molar-refractivity contribution in [2.24, 2.45) is 0 Å². The van der Waals surface area contributed by atoms with Crippen LogP contribution in [0, 0.1) is 0 Å². The SMILES string of the molecule is COc1ccc(CNC(=O)CCNc2ccc(C(C)=O)cc2)cc1OC. The van der Waals surface area contributed by atoms with Gasteiger partial charge in [0, 0.05) is 30.8 Å². The maximum absolute atomic E-state index is 12.0. The summed E-state index contributed by atoms with van der Waals surface area (Å²) < 4.78 is 10.4. The minimum absolute atomic E-state index is 0.0334. The van der Waals surface area contributed by atoms with Gasteiger partial charge in [-0.25, -0.2) is 0 Å². The van der Waals surface area contributed by atoms with E-state index in [-0.39, 0.29) is 11.7 Å². The van der Waals surface area contributed by atoms with E-state index in [1.807, 2.05) is 30.3 Å². The van der Waals surface area contributed by atoms with Crippen LogP contribution >= 0.6 is 0 Å². The predicted molar refractivity (Wildman–Crippen MR) is 101 cm³/mol. The second kappa shape index (κ2) is 9.46. The lowest BCUT2D eigenvalue weighted by Gasteiger charge is -2.11. The quantitative estimate of drug-likeness (QED) is 0.676. The lowest BCUT2D eigenvalue weighted by molar-refractivity contribution is -0.121. The van der Waals surface area contributed by atoms with Crippen LogP contribution in [0.3, 0.4) is 0 Å². The van der Waals surface area contributed by atoms with Gasteiger partial charge in [0.05, 0.1) is 14.2 Å². The number of carbonyl (C=O) groups is 2. The van der Waals surface area contributed by atoms with Crippen molar-refractivity contribution >= 4 is 17.4 Å². The molecule has 0 fully saturated rings. The molecule has 0 aliphatic rings. The van der Waals surface area contributed by atoms with E-state index in [4.69, 9.17) is 9.47 Å². The molecule has 0 spiro atoms. The van der Waals surface area contributed by atoms with Crippen LogP contribution in [-0.4, -0.2) is 32.5 Å². The Morgan fingerprint density at radius 3 is 2.27 bits per heavy atom. The number of carbonyl (C=O) groups excluding carboxylic acids is 2. The van der Waals surface area contributed by atoms with Gasteiger partial charge in [-0.3, -0.25) is 9.59 Å². The lowest BCUT2D eigenvalue weighted by atomic mass is 10.1. The largest absolute Gasteiger partial charge is 0.493 e. The highest BCUT2D eigenvalue weighted by Crippen LogP contribution is 2.27. The third-order valence-corrected chi connectivity index (χ3v) is 3.91. The molecule has 0 aliphatic heterocycles. The van der Waals surface area contributed by atoms with Crippen LogP contribution in [0.4, 0.5) is 5.69 Å². The fraction of sp³-hybridized carbons (Fsp3) is 0.300. The van der Waals surface area contributed by atoms with Crippen molar-refractivity contribution in [3.63, 3.8) is 0 Å². The van der Waals surface area contributed by atoms with Crippen molar-refractivity contribution in [1.29, 1.82) is 0 Å². The van der Waals surface area contributed by atoms with Crippen LogP contribution in [0.15, 0.2) is 42.5 Å². The maximum Gasteiger partial charge on any atom is 0.222 e. The summed E-state index contributed by atoms with van der Waals surface area (Å²) in [6.45, 7) is 2.47. The first-order valence-electron chi connectivity index (χ1n) is 8.36. The second-order valence-corrected chi connectivity index (χ2v) is 5.78. The minimum Gasteiger partial charge on any atom is -0.493 e.